The smallest absolute Gasteiger partial charge is 0.417 e. The molecule has 0 saturated carbocycles. The van der Waals surface area contributed by atoms with Gasteiger partial charge >= 0.3 is 6.18 Å². The molecule has 6 nitrogen and oxygen atoms in total. The van der Waals surface area contributed by atoms with E-state index in [2.05, 4.69) is 5.16 Å². The number of alkyl halides is 3. The van der Waals surface area contributed by atoms with Gasteiger partial charge in [-0.05, 0) is 36.4 Å². The fourth-order valence-corrected chi connectivity index (χ4v) is 3.41. The molecule has 1 amide bonds. The van der Waals surface area contributed by atoms with Gasteiger partial charge in [-0.15, -0.1) is 0 Å². The lowest BCUT2D eigenvalue weighted by Gasteiger charge is -2.37. The second-order valence-electron chi connectivity index (χ2n) is 6.90. The molecular formula is C21H21F4N3O3. The van der Waals surface area contributed by atoms with Gasteiger partial charge in [-0.2, -0.15) is 13.2 Å². The number of hydrogen-bond donors (Lipinski definition) is 1. The summed E-state index contributed by atoms with van der Waals surface area (Å²) in [6, 6.07) is 9.24. The number of nitrogens with zero attached hydrogens (tertiary/aromatic N) is 3. The summed E-state index contributed by atoms with van der Waals surface area (Å²) < 4.78 is 58.2. The number of ether oxygens (including phenoxy) is 1. The molecule has 1 saturated heterocycles. The average Bonchev–Trinajstić information content (AvgIpc) is 2.75. The van der Waals surface area contributed by atoms with E-state index in [1.165, 1.54) is 36.4 Å². The minimum Gasteiger partial charge on any atom is -0.493 e. The van der Waals surface area contributed by atoms with Gasteiger partial charge in [0.05, 0.1) is 24.8 Å². The zero-order valence-corrected chi connectivity index (χ0v) is 16.5. The second kappa shape index (κ2) is 9.67. The maximum atomic E-state index is 13.3. The number of carbonyl (C=O) groups excluding carboxylic acids is 1. The van der Waals surface area contributed by atoms with Crippen LogP contribution in [-0.4, -0.2) is 55.0 Å². The van der Waals surface area contributed by atoms with Crippen LogP contribution in [0.5, 0.6) is 5.75 Å². The number of rotatable bonds is 6. The summed E-state index contributed by atoms with van der Waals surface area (Å²) in [5, 5.41) is 11.6. The van der Waals surface area contributed by atoms with Gasteiger partial charge in [0.15, 0.2) is 0 Å². The third kappa shape index (κ3) is 5.65. The van der Waals surface area contributed by atoms with Crippen molar-refractivity contribution in [1.82, 2.24) is 4.90 Å². The molecule has 1 aliphatic rings. The SMILES string of the molecule is O=C(CCOc1ccc(F)cc1)N1CCN(c2cccc(C(F)(F)F)c2/C=N\O)CC1. The summed E-state index contributed by atoms with van der Waals surface area (Å²) >= 11 is 0. The zero-order chi connectivity index (χ0) is 22.4. The van der Waals surface area contributed by atoms with Gasteiger partial charge in [0, 0.05) is 37.4 Å². The molecule has 0 radical (unpaired) electrons. The number of oxime groups is 1. The van der Waals surface area contributed by atoms with Crippen molar-refractivity contribution >= 4 is 17.8 Å². The second-order valence-corrected chi connectivity index (χ2v) is 6.90. The van der Waals surface area contributed by atoms with Crippen LogP contribution >= 0.6 is 0 Å². The maximum absolute atomic E-state index is 13.3. The van der Waals surface area contributed by atoms with E-state index in [0.29, 0.717) is 37.6 Å². The highest BCUT2D eigenvalue weighted by Gasteiger charge is 2.35. The Morgan fingerprint density at radius 3 is 2.39 bits per heavy atom. The third-order valence-electron chi connectivity index (χ3n) is 4.95. The molecule has 166 valence electrons. The molecule has 3 rings (SSSR count). The van der Waals surface area contributed by atoms with Crippen molar-refractivity contribution in [1.29, 1.82) is 0 Å². The van der Waals surface area contributed by atoms with Crippen molar-refractivity contribution in [3.05, 3.63) is 59.4 Å². The molecule has 0 spiro atoms. The van der Waals surface area contributed by atoms with Crippen molar-refractivity contribution in [2.45, 2.75) is 12.6 Å². The number of halogens is 4. The monoisotopic (exact) mass is 439 g/mol. The van der Waals surface area contributed by atoms with Crippen molar-refractivity contribution in [2.75, 3.05) is 37.7 Å². The van der Waals surface area contributed by atoms with Gasteiger partial charge in [0.1, 0.15) is 11.6 Å². The fraction of sp³-hybridized carbons (Fsp3) is 0.333. The quantitative estimate of drug-likeness (QED) is 0.322. The molecule has 1 aliphatic heterocycles. The van der Waals surface area contributed by atoms with Crippen LogP contribution in [0.4, 0.5) is 23.2 Å². The van der Waals surface area contributed by atoms with E-state index in [4.69, 9.17) is 9.94 Å². The minimum atomic E-state index is -4.59. The van der Waals surface area contributed by atoms with Gasteiger partial charge in [-0.25, -0.2) is 4.39 Å². The lowest BCUT2D eigenvalue weighted by atomic mass is 10.0. The zero-order valence-electron chi connectivity index (χ0n) is 16.5. The lowest BCUT2D eigenvalue weighted by Crippen LogP contribution is -2.49. The molecule has 1 N–H and O–H groups in total. The molecular weight excluding hydrogens is 418 g/mol. The number of benzene rings is 2. The summed E-state index contributed by atoms with van der Waals surface area (Å²) in [5.74, 6) is -0.0555. The predicted octanol–water partition coefficient (Wildman–Crippen LogP) is 3.77. The molecule has 1 heterocycles. The molecule has 0 aliphatic carbocycles. The van der Waals surface area contributed by atoms with Crippen LogP contribution in [-0.2, 0) is 11.0 Å². The summed E-state index contributed by atoms with van der Waals surface area (Å²) in [5.41, 5.74) is -0.816. The number of anilines is 1. The first-order chi connectivity index (χ1) is 14.8. The van der Waals surface area contributed by atoms with Crippen LogP contribution in [0.25, 0.3) is 0 Å². The Labute approximate surface area is 176 Å². The molecule has 2 aromatic rings. The molecule has 0 bridgehead atoms. The van der Waals surface area contributed by atoms with E-state index in [1.54, 1.807) is 9.80 Å². The highest BCUT2D eigenvalue weighted by Crippen LogP contribution is 2.35. The van der Waals surface area contributed by atoms with E-state index in [0.717, 1.165) is 12.3 Å². The first kappa shape index (κ1) is 22.4. The largest absolute Gasteiger partial charge is 0.493 e. The van der Waals surface area contributed by atoms with E-state index in [9.17, 15) is 22.4 Å². The van der Waals surface area contributed by atoms with E-state index in [-0.39, 0.29) is 30.3 Å². The van der Waals surface area contributed by atoms with Gasteiger partial charge in [0.25, 0.3) is 0 Å². The van der Waals surface area contributed by atoms with Crippen molar-refractivity contribution < 1.29 is 32.3 Å². The standard InChI is InChI=1S/C21H21F4N3O3/c22-15-4-6-16(7-5-15)31-13-8-20(29)28-11-9-27(10-12-28)19-3-1-2-18(21(23,24)25)17(19)14-26-30/h1-7,14,30H,8-13H2/b26-14-. The number of hydrogen-bond acceptors (Lipinski definition) is 5. The summed E-state index contributed by atoms with van der Waals surface area (Å²) in [6.45, 7) is 1.47. The fourth-order valence-electron chi connectivity index (χ4n) is 3.41. The number of piperazine rings is 1. The summed E-state index contributed by atoms with van der Waals surface area (Å²) in [7, 11) is 0. The summed E-state index contributed by atoms with van der Waals surface area (Å²) in [6.07, 6.45) is -3.68. The highest BCUT2D eigenvalue weighted by atomic mass is 19.4. The van der Waals surface area contributed by atoms with Crippen LogP contribution in [0.3, 0.4) is 0 Å². The molecule has 0 unspecified atom stereocenters. The van der Waals surface area contributed by atoms with Crippen molar-refractivity contribution in [2.24, 2.45) is 5.16 Å². The van der Waals surface area contributed by atoms with Gasteiger partial charge < -0.3 is 19.7 Å². The Morgan fingerprint density at radius 1 is 1.10 bits per heavy atom. The average molecular weight is 439 g/mol. The van der Waals surface area contributed by atoms with Gasteiger partial charge in [0.2, 0.25) is 5.91 Å². The Balaban J connectivity index is 1.58. The first-order valence-electron chi connectivity index (χ1n) is 9.58. The Bertz CT molecular complexity index is 924. The highest BCUT2D eigenvalue weighted by molar-refractivity contribution is 5.90. The lowest BCUT2D eigenvalue weighted by molar-refractivity contribution is -0.137. The van der Waals surface area contributed by atoms with E-state index >= 15 is 0 Å². The third-order valence-corrected chi connectivity index (χ3v) is 4.95. The Hall–Kier alpha value is -3.30. The van der Waals surface area contributed by atoms with Crippen LogP contribution in [0.15, 0.2) is 47.6 Å². The minimum absolute atomic E-state index is 0.128. The normalized spacial score (nSPS) is 14.8. The predicted molar refractivity (Wildman–Crippen MR) is 106 cm³/mol. The Kier molecular flexibility index (Phi) is 6.98. The number of carbonyl (C=O) groups is 1. The Morgan fingerprint density at radius 2 is 1.77 bits per heavy atom. The molecule has 2 aromatic carbocycles. The molecule has 31 heavy (non-hydrogen) atoms. The van der Waals surface area contributed by atoms with Crippen LogP contribution < -0.4 is 9.64 Å². The van der Waals surface area contributed by atoms with Crippen LogP contribution in [0.2, 0.25) is 0 Å². The van der Waals surface area contributed by atoms with Crippen molar-refractivity contribution in [3.63, 3.8) is 0 Å². The first-order valence-corrected chi connectivity index (χ1v) is 9.58. The van der Waals surface area contributed by atoms with E-state index in [1.807, 2.05) is 0 Å². The van der Waals surface area contributed by atoms with Crippen LogP contribution in [0, 0.1) is 5.82 Å². The molecule has 0 atom stereocenters. The van der Waals surface area contributed by atoms with Crippen molar-refractivity contribution in [3.8, 4) is 5.75 Å². The molecule has 1 fully saturated rings. The van der Waals surface area contributed by atoms with E-state index < -0.39 is 11.7 Å². The maximum Gasteiger partial charge on any atom is 0.417 e. The molecule has 0 aromatic heterocycles. The topological polar surface area (TPSA) is 65.4 Å². The van der Waals surface area contributed by atoms with Crippen LogP contribution in [0.1, 0.15) is 17.5 Å². The number of amides is 1. The summed E-state index contributed by atoms with van der Waals surface area (Å²) in [4.78, 5) is 15.8. The van der Waals surface area contributed by atoms with Gasteiger partial charge in [-0.3, -0.25) is 4.79 Å². The molecule has 10 heteroatoms. The van der Waals surface area contributed by atoms with Gasteiger partial charge in [-0.1, -0.05) is 11.2 Å².